The lowest BCUT2D eigenvalue weighted by Gasteiger charge is -2.09. The van der Waals surface area contributed by atoms with Gasteiger partial charge in [0.15, 0.2) is 11.3 Å². The second-order valence-corrected chi connectivity index (χ2v) is 4.81. The molecule has 0 saturated carbocycles. The van der Waals surface area contributed by atoms with E-state index in [1.807, 2.05) is 23.7 Å². The van der Waals surface area contributed by atoms with Crippen molar-refractivity contribution in [3.8, 4) is 11.4 Å². The summed E-state index contributed by atoms with van der Waals surface area (Å²) in [6, 6.07) is 5.92. The van der Waals surface area contributed by atoms with Crippen LogP contribution in [0.25, 0.3) is 22.3 Å². The first-order chi connectivity index (χ1) is 9.61. The van der Waals surface area contributed by atoms with E-state index < -0.39 is 0 Å². The van der Waals surface area contributed by atoms with Gasteiger partial charge in [-0.3, -0.25) is 4.79 Å². The number of pyridine rings is 1. The van der Waals surface area contributed by atoms with Crippen LogP contribution in [-0.4, -0.2) is 24.8 Å². The maximum absolute atomic E-state index is 12.6. The van der Waals surface area contributed by atoms with Crippen LogP contribution in [0, 0.1) is 0 Å². The molecule has 6 heteroatoms. The highest BCUT2D eigenvalue weighted by molar-refractivity contribution is 5.83. The van der Waals surface area contributed by atoms with Crippen LogP contribution in [0.15, 0.2) is 29.2 Å². The van der Waals surface area contributed by atoms with Crippen molar-refractivity contribution in [1.82, 2.24) is 24.8 Å². The first-order valence-electron chi connectivity index (χ1n) is 6.46. The Kier molecular flexibility index (Phi) is 2.85. The fourth-order valence-corrected chi connectivity index (χ4v) is 2.36. The first-order valence-corrected chi connectivity index (χ1v) is 6.46. The Morgan fingerprint density at radius 1 is 1.25 bits per heavy atom. The predicted octanol–water partition coefficient (Wildman–Crippen LogP) is 1.29. The number of aryl methyl sites for hydroxylation is 3. The zero-order valence-corrected chi connectivity index (χ0v) is 11.7. The van der Waals surface area contributed by atoms with Gasteiger partial charge in [-0.1, -0.05) is 13.0 Å². The molecule has 3 aromatic rings. The summed E-state index contributed by atoms with van der Waals surface area (Å²) in [6.45, 7) is 2.10. The average Bonchev–Trinajstić information content (AvgIpc) is 2.88. The minimum Gasteiger partial charge on any atom is -0.350 e. The van der Waals surface area contributed by atoms with Crippen LogP contribution in [0.1, 0.15) is 12.5 Å². The smallest absolute Gasteiger partial charge is 0.200 e. The number of nitrogens with zero attached hydrogens (tertiary/aromatic N) is 5. The molecule has 0 aliphatic rings. The Balaban J connectivity index is 2.36. The lowest BCUT2D eigenvalue weighted by atomic mass is 10.1. The summed E-state index contributed by atoms with van der Waals surface area (Å²) in [6.07, 6.45) is 2.73. The second-order valence-electron chi connectivity index (χ2n) is 4.81. The maximum atomic E-state index is 12.6. The number of fused-ring (bicyclic) bond motifs is 1. The van der Waals surface area contributed by atoms with Crippen LogP contribution in [0.5, 0.6) is 0 Å². The van der Waals surface area contributed by atoms with Crippen molar-refractivity contribution >= 4 is 10.9 Å². The second kappa shape index (κ2) is 4.56. The Morgan fingerprint density at radius 2 is 2.05 bits per heavy atom. The highest BCUT2D eigenvalue weighted by Crippen LogP contribution is 2.18. The van der Waals surface area contributed by atoms with Gasteiger partial charge < -0.3 is 4.57 Å². The van der Waals surface area contributed by atoms with Crippen molar-refractivity contribution in [1.29, 1.82) is 0 Å². The Hall–Kier alpha value is -2.50. The molecule has 0 aliphatic heterocycles. The van der Waals surface area contributed by atoms with E-state index in [0.29, 0.717) is 16.8 Å². The number of hydrogen-bond acceptors (Lipinski definition) is 4. The molecule has 3 rings (SSSR count). The van der Waals surface area contributed by atoms with E-state index in [2.05, 4.69) is 28.5 Å². The third-order valence-electron chi connectivity index (χ3n) is 3.52. The van der Waals surface area contributed by atoms with Gasteiger partial charge in [0.2, 0.25) is 0 Å². The highest BCUT2D eigenvalue weighted by atomic mass is 16.1. The number of aromatic nitrogens is 5. The summed E-state index contributed by atoms with van der Waals surface area (Å²) < 4.78 is 3.45. The van der Waals surface area contributed by atoms with Crippen molar-refractivity contribution < 1.29 is 0 Å². The van der Waals surface area contributed by atoms with Crippen LogP contribution in [0.2, 0.25) is 0 Å². The maximum Gasteiger partial charge on any atom is 0.200 e. The topological polar surface area (TPSA) is 65.6 Å². The molecule has 0 bridgehead atoms. The van der Waals surface area contributed by atoms with Crippen molar-refractivity contribution in [3.05, 3.63) is 40.2 Å². The molecule has 0 spiro atoms. The molecular formula is C14H15N5O. The molecule has 1 aromatic carbocycles. The molecule has 6 nitrogen and oxygen atoms in total. The van der Waals surface area contributed by atoms with Gasteiger partial charge in [-0.2, -0.15) is 0 Å². The fraction of sp³-hybridized carbons (Fsp3) is 0.286. The van der Waals surface area contributed by atoms with Gasteiger partial charge in [0, 0.05) is 25.7 Å². The van der Waals surface area contributed by atoms with E-state index in [1.165, 1.54) is 10.2 Å². The van der Waals surface area contributed by atoms with Crippen molar-refractivity contribution in [2.75, 3.05) is 0 Å². The molecule has 2 heterocycles. The molecule has 0 saturated heterocycles. The van der Waals surface area contributed by atoms with Crippen molar-refractivity contribution in [2.45, 2.75) is 13.3 Å². The van der Waals surface area contributed by atoms with Crippen LogP contribution >= 0.6 is 0 Å². The predicted molar refractivity (Wildman–Crippen MR) is 76.4 cm³/mol. The van der Waals surface area contributed by atoms with Crippen LogP contribution < -0.4 is 5.43 Å². The molecule has 0 radical (unpaired) electrons. The minimum absolute atomic E-state index is 0.0429. The molecule has 20 heavy (non-hydrogen) atoms. The normalized spacial score (nSPS) is 11.2. The number of tetrazole rings is 1. The van der Waals surface area contributed by atoms with Gasteiger partial charge in [-0.05, 0) is 34.5 Å². The van der Waals surface area contributed by atoms with Gasteiger partial charge in [0.05, 0.1) is 11.1 Å². The highest BCUT2D eigenvalue weighted by Gasteiger charge is 2.14. The molecule has 0 unspecified atom stereocenters. The summed E-state index contributed by atoms with van der Waals surface area (Å²) in [5, 5.41) is 12.0. The van der Waals surface area contributed by atoms with E-state index >= 15 is 0 Å². The Bertz CT molecular complexity index is 846. The summed E-state index contributed by atoms with van der Waals surface area (Å²) in [7, 11) is 3.65. The quantitative estimate of drug-likeness (QED) is 0.703. The molecule has 0 N–H and O–H groups in total. The minimum atomic E-state index is -0.0429. The standard InChI is InChI=1S/C14H15N5O/c1-4-9-5-6-10-12(7-9)18(2)8-11(13(10)20)14-15-16-17-19(14)3/h5-8H,4H2,1-3H3. The fourth-order valence-electron chi connectivity index (χ4n) is 2.36. The van der Waals surface area contributed by atoms with Crippen molar-refractivity contribution in [3.63, 3.8) is 0 Å². The summed E-state index contributed by atoms with van der Waals surface area (Å²) in [5.74, 6) is 0.479. The molecule has 0 atom stereocenters. The zero-order valence-electron chi connectivity index (χ0n) is 11.7. The van der Waals surface area contributed by atoms with Gasteiger partial charge in [0.1, 0.15) is 0 Å². The summed E-state index contributed by atoms with van der Waals surface area (Å²) >= 11 is 0. The molecule has 2 aromatic heterocycles. The van der Waals surface area contributed by atoms with Crippen LogP contribution in [-0.2, 0) is 20.5 Å². The number of hydrogen-bond donors (Lipinski definition) is 0. The van der Waals surface area contributed by atoms with Crippen LogP contribution in [0.3, 0.4) is 0 Å². The number of rotatable bonds is 2. The lowest BCUT2D eigenvalue weighted by Crippen LogP contribution is -2.13. The monoisotopic (exact) mass is 269 g/mol. The summed E-state index contributed by atoms with van der Waals surface area (Å²) in [5.41, 5.74) is 2.60. The first kappa shape index (κ1) is 12.5. The largest absolute Gasteiger partial charge is 0.350 e. The molecular weight excluding hydrogens is 254 g/mol. The zero-order chi connectivity index (χ0) is 14.3. The van der Waals surface area contributed by atoms with Gasteiger partial charge in [-0.25, -0.2) is 4.68 Å². The molecule has 0 aliphatic carbocycles. The SMILES string of the molecule is CCc1ccc2c(=O)c(-c3nnnn3C)cn(C)c2c1. The van der Waals surface area contributed by atoms with Gasteiger partial charge in [0.25, 0.3) is 0 Å². The summed E-state index contributed by atoms with van der Waals surface area (Å²) in [4.78, 5) is 12.6. The van der Waals surface area contributed by atoms with Crippen LogP contribution in [0.4, 0.5) is 0 Å². The third-order valence-corrected chi connectivity index (χ3v) is 3.52. The molecule has 0 amide bonds. The molecule has 102 valence electrons. The Morgan fingerprint density at radius 3 is 2.70 bits per heavy atom. The average molecular weight is 269 g/mol. The van der Waals surface area contributed by atoms with Gasteiger partial charge >= 0.3 is 0 Å². The Labute approximate surface area is 115 Å². The van der Waals surface area contributed by atoms with E-state index in [0.717, 1.165) is 11.9 Å². The van der Waals surface area contributed by atoms with E-state index in [4.69, 9.17) is 0 Å². The van der Waals surface area contributed by atoms with E-state index in [9.17, 15) is 4.79 Å². The van der Waals surface area contributed by atoms with Crippen molar-refractivity contribution in [2.24, 2.45) is 14.1 Å². The van der Waals surface area contributed by atoms with E-state index in [1.54, 1.807) is 13.2 Å². The van der Waals surface area contributed by atoms with Gasteiger partial charge in [-0.15, -0.1) is 5.10 Å². The third kappa shape index (κ3) is 1.80. The van der Waals surface area contributed by atoms with E-state index in [-0.39, 0.29) is 5.43 Å². The number of benzene rings is 1. The lowest BCUT2D eigenvalue weighted by molar-refractivity contribution is 0.714. The molecule has 0 fully saturated rings.